The van der Waals surface area contributed by atoms with Crippen molar-refractivity contribution in [3.05, 3.63) is 78.1 Å². The van der Waals surface area contributed by atoms with Crippen LogP contribution in [-0.2, 0) is 11.2 Å². The minimum absolute atomic E-state index is 0.0116. The molecule has 6 heteroatoms. The quantitative estimate of drug-likeness (QED) is 0.619. The predicted octanol–water partition coefficient (Wildman–Crippen LogP) is 4.07. The first-order valence-electron chi connectivity index (χ1n) is 11.2. The first kappa shape index (κ1) is 21.8. The van der Waals surface area contributed by atoms with Crippen LogP contribution in [0.3, 0.4) is 0 Å². The van der Waals surface area contributed by atoms with Crippen LogP contribution in [0.1, 0.15) is 42.7 Å². The maximum absolute atomic E-state index is 13.6. The van der Waals surface area contributed by atoms with Gasteiger partial charge >= 0.3 is 0 Å². The number of piperidine rings is 1. The molecule has 1 fully saturated rings. The molecule has 1 saturated heterocycles. The lowest BCUT2D eigenvalue weighted by Crippen LogP contribution is -2.55. The summed E-state index contributed by atoms with van der Waals surface area (Å²) in [5.41, 5.74) is 3.14. The molecule has 0 unspecified atom stereocenters. The Morgan fingerprint density at radius 3 is 2.56 bits per heavy atom. The smallest absolute Gasteiger partial charge is 0.271 e. The SMILES string of the molecule is CC(C)NC(=O)[C@]1(Cc2ccccc2-c2ccccc2)CCCN(C(=O)c2ccn[nH]2)C1. The van der Waals surface area contributed by atoms with Crippen molar-refractivity contribution in [3.8, 4) is 11.1 Å². The molecule has 1 aliphatic heterocycles. The summed E-state index contributed by atoms with van der Waals surface area (Å²) >= 11 is 0. The maximum atomic E-state index is 13.6. The highest BCUT2D eigenvalue weighted by atomic mass is 16.2. The van der Waals surface area contributed by atoms with Crippen LogP contribution in [-0.4, -0.2) is 46.0 Å². The van der Waals surface area contributed by atoms with Gasteiger partial charge in [0, 0.05) is 25.3 Å². The van der Waals surface area contributed by atoms with E-state index in [0.717, 1.165) is 29.5 Å². The van der Waals surface area contributed by atoms with Crippen molar-refractivity contribution in [2.75, 3.05) is 13.1 Å². The van der Waals surface area contributed by atoms with Crippen LogP contribution >= 0.6 is 0 Å². The van der Waals surface area contributed by atoms with Gasteiger partial charge in [-0.1, -0.05) is 54.6 Å². The molecule has 0 spiro atoms. The molecule has 6 nitrogen and oxygen atoms in total. The Balaban J connectivity index is 1.69. The zero-order valence-electron chi connectivity index (χ0n) is 18.7. The summed E-state index contributed by atoms with van der Waals surface area (Å²) < 4.78 is 0. The number of carbonyl (C=O) groups excluding carboxylic acids is 2. The van der Waals surface area contributed by atoms with E-state index in [9.17, 15) is 9.59 Å². The lowest BCUT2D eigenvalue weighted by molar-refractivity contribution is -0.134. The third kappa shape index (κ3) is 4.59. The minimum Gasteiger partial charge on any atom is -0.353 e. The Morgan fingerprint density at radius 2 is 1.84 bits per heavy atom. The fraction of sp³-hybridized carbons (Fsp3) is 0.346. The number of aromatic nitrogens is 2. The molecular weight excluding hydrogens is 400 g/mol. The standard InChI is InChI=1S/C26H30N4O2/c1-19(2)28-25(32)26(14-8-16-30(18-26)24(31)23-13-15-27-29-23)17-21-11-6-7-12-22(21)20-9-4-3-5-10-20/h3-7,9-13,15,19H,8,14,16-18H2,1-2H3,(H,27,29)(H,28,32)/t26-/m0/s1. The zero-order chi connectivity index (χ0) is 22.6. The van der Waals surface area contributed by atoms with Crippen LogP contribution < -0.4 is 5.32 Å². The van der Waals surface area contributed by atoms with Crippen molar-refractivity contribution in [1.29, 1.82) is 0 Å². The van der Waals surface area contributed by atoms with Crippen molar-refractivity contribution in [2.24, 2.45) is 5.41 Å². The highest BCUT2D eigenvalue weighted by molar-refractivity contribution is 5.93. The van der Waals surface area contributed by atoms with E-state index in [2.05, 4.69) is 39.8 Å². The predicted molar refractivity (Wildman–Crippen MR) is 125 cm³/mol. The number of nitrogens with zero attached hydrogens (tertiary/aromatic N) is 2. The number of likely N-dealkylation sites (tertiary alicyclic amines) is 1. The van der Waals surface area contributed by atoms with E-state index in [1.807, 2.05) is 44.2 Å². The Hall–Kier alpha value is -3.41. The molecule has 2 N–H and O–H groups in total. The first-order valence-corrected chi connectivity index (χ1v) is 11.2. The number of carbonyl (C=O) groups is 2. The zero-order valence-corrected chi connectivity index (χ0v) is 18.7. The Morgan fingerprint density at radius 1 is 1.09 bits per heavy atom. The summed E-state index contributed by atoms with van der Waals surface area (Å²) in [4.78, 5) is 28.4. The first-order chi connectivity index (χ1) is 15.5. The Labute approximate surface area is 189 Å². The van der Waals surface area contributed by atoms with E-state index in [1.54, 1.807) is 17.2 Å². The number of nitrogens with one attached hydrogen (secondary N) is 2. The molecule has 32 heavy (non-hydrogen) atoms. The van der Waals surface area contributed by atoms with Gasteiger partial charge in [0.2, 0.25) is 5.91 Å². The van der Waals surface area contributed by atoms with Crippen molar-refractivity contribution in [2.45, 2.75) is 39.2 Å². The van der Waals surface area contributed by atoms with E-state index in [-0.39, 0.29) is 17.9 Å². The molecular formula is C26H30N4O2. The molecule has 2 amide bonds. The number of benzene rings is 2. The van der Waals surface area contributed by atoms with Crippen LogP contribution in [0.4, 0.5) is 0 Å². The van der Waals surface area contributed by atoms with Crippen LogP contribution in [0.25, 0.3) is 11.1 Å². The van der Waals surface area contributed by atoms with Gasteiger partial charge in [0.25, 0.3) is 5.91 Å². The van der Waals surface area contributed by atoms with Crippen molar-refractivity contribution < 1.29 is 9.59 Å². The number of amides is 2. The van der Waals surface area contributed by atoms with Crippen LogP contribution in [0, 0.1) is 5.41 Å². The van der Waals surface area contributed by atoms with Gasteiger partial charge < -0.3 is 10.2 Å². The average molecular weight is 431 g/mol. The number of rotatable bonds is 6. The molecule has 0 aliphatic carbocycles. The summed E-state index contributed by atoms with van der Waals surface area (Å²) in [5.74, 6) is -0.0993. The Bertz CT molecular complexity index is 1060. The van der Waals surface area contributed by atoms with Crippen molar-refractivity contribution >= 4 is 11.8 Å². The molecule has 0 bridgehead atoms. The summed E-state index contributed by atoms with van der Waals surface area (Å²) in [6.07, 6.45) is 3.66. The van der Waals surface area contributed by atoms with E-state index < -0.39 is 5.41 Å². The van der Waals surface area contributed by atoms with Crippen molar-refractivity contribution in [1.82, 2.24) is 20.4 Å². The fourth-order valence-corrected chi connectivity index (χ4v) is 4.61. The monoisotopic (exact) mass is 430 g/mol. The summed E-state index contributed by atoms with van der Waals surface area (Å²) in [7, 11) is 0. The van der Waals surface area contributed by atoms with E-state index in [0.29, 0.717) is 25.2 Å². The molecule has 3 aromatic rings. The van der Waals surface area contributed by atoms with Gasteiger partial charge in [-0.15, -0.1) is 0 Å². The Kier molecular flexibility index (Phi) is 6.40. The number of hydrogen-bond donors (Lipinski definition) is 2. The summed E-state index contributed by atoms with van der Waals surface area (Å²) in [6, 6.07) is 20.2. The van der Waals surface area contributed by atoms with E-state index >= 15 is 0 Å². The van der Waals surface area contributed by atoms with Gasteiger partial charge in [0.05, 0.1) is 5.41 Å². The van der Waals surface area contributed by atoms with Gasteiger partial charge in [-0.2, -0.15) is 5.10 Å². The van der Waals surface area contributed by atoms with E-state index in [4.69, 9.17) is 0 Å². The average Bonchev–Trinajstić information content (AvgIpc) is 3.34. The largest absolute Gasteiger partial charge is 0.353 e. The van der Waals surface area contributed by atoms with Gasteiger partial charge in [0.15, 0.2) is 0 Å². The molecule has 0 radical (unpaired) electrons. The van der Waals surface area contributed by atoms with Crippen LogP contribution in [0.2, 0.25) is 0 Å². The summed E-state index contributed by atoms with van der Waals surface area (Å²) in [5, 5.41) is 9.80. The lowest BCUT2D eigenvalue weighted by atomic mass is 9.73. The molecule has 1 atom stereocenters. The van der Waals surface area contributed by atoms with Crippen LogP contribution in [0.5, 0.6) is 0 Å². The topological polar surface area (TPSA) is 78.1 Å². The maximum Gasteiger partial charge on any atom is 0.271 e. The second-order valence-corrected chi connectivity index (χ2v) is 8.91. The second-order valence-electron chi connectivity index (χ2n) is 8.91. The highest BCUT2D eigenvalue weighted by Crippen LogP contribution is 2.37. The van der Waals surface area contributed by atoms with Crippen molar-refractivity contribution in [3.63, 3.8) is 0 Å². The molecule has 4 rings (SSSR count). The number of hydrogen-bond acceptors (Lipinski definition) is 3. The summed E-state index contributed by atoms with van der Waals surface area (Å²) in [6.45, 7) is 4.96. The molecule has 0 saturated carbocycles. The van der Waals surface area contributed by atoms with Crippen LogP contribution in [0.15, 0.2) is 66.9 Å². The lowest BCUT2D eigenvalue weighted by Gasteiger charge is -2.42. The fourth-order valence-electron chi connectivity index (χ4n) is 4.61. The highest BCUT2D eigenvalue weighted by Gasteiger charge is 2.44. The number of aromatic amines is 1. The third-order valence-electron chi connectivity index (χ3n) is 6.13. The van der Waals surface area contributed by atoms with E-state index in [1.165, 1.54) is 0 Å². The molecule has 1 aromatic heterocycles. The normalized spacial score (nSPS) is 18.5. The van der Waals surface area contributed by atoms with Gasteiger partial charge in [-0.05, 0) is 55.9 Å². The number of H-pyrrole nitrogens is 1. The molecule has 1 aliphatic rings. The molecule has 2 aromatic carbocycles. The molecule has 166 valence electrons. The van der Waals surface area contributed by atoms with Gasteiger partial charge in [-0.25, -0.2) is 0 Å². The van der Waals surface area contributed by atoms with Gasteiger partial charge in [0.1, 0.15) is 5.69 Å². The molecule has 2 heterocycles. The van der Waals surface area contributed by atoms with Gasteiger partial charge in [-0.3, -0.25) is 14.7 Å². The second kappa shape index (κ2) is 9.39. The minimum atomic E-state index is -0.691. The third-order valence-corrected chi connectivity index (χ3v) is 6.13.